The van der Waals surface area contributed by atoms with Gasteiger partial charge in [-0.05, 0) is 47.6 Å². The van der Waals surface area contributed by atoms with E-state index in [2.05, 4.69) is 10.6 Å². The fourth-order valence-electron chi connectivity index (χ4n) is 2.97. The summed E-state index contributed by atoms with van der Waals surface area (Å²) in [6, 6.07) is 0. The van der Waals surface area contributed by atoms with Crippen molar-refractivity contribution in [3.8, 4) is 0 Å². The number of amides is 3. The average molecular weight is 553 g/mol. The van der Waals surface area contributed by atoms with Crippen LogP contribution in [0.4, 0.5) is 5.69 Å². The van der Waals surface area contributed by atoms with Gasteiger partial charge < -0.3 is 41.1 Å². The van der Waals surface area contributed by atoms with Crippen molar-refractivity contribution in [2.24, 2.45) is 0 Å². The molecule has 1 aromatic rings. The molecular weight excluding hydrogens is 525 g/mol. The summed E-state index contributed by atoms with van der Waals surface area (Å²) < 4.78 is 0.271. The molecule has 11 nitrogen and oxygen atoms in total. The quantitative estimate of drug-likeness (QED) is 0.163. The van der Waals surface area contributed by atoms with Crippen molar-refractivity contribution in [1.29, 1.82) is 0 Å². The first-order valence-electron chi connectivity index (χ1n) is 9.35. The third-order valence-electron chi connectivity index (χ3n) is 4.62. The highest BCUT2D eigenvalue weighted by Gasteiger charge is 2.29. The van der Waals surface area contributed by atoms with Crippen molar-refractivity contribution in [2.45, 2.75) is 26.1 Å². The molecule has 0 aliphatic heterocycles. The van der Waals surface area contributed by atoms with E-state index in [4.69, 9.17) is 10.2 Å². The first-order chi connectivity index (χ1) is 14.5. The molecule has 1 aromatic carbocycles. The zero-order valence-electron chi connectivity index (χ0n) is 17.5. The molecule has 7 N–H and O–H groups in total. The second-order valence-electron chi connectivity index (χ2n) is 6.87. The van der Waals surface area contributed by atoms with Crippen LogP contribution >= 0.6 is 22.6 Å². The maximum atomic E-state index is 12.9. The molecule has 0 radical (unpaired) electrons. The topological polar surface area (TPSA) is 180 Å². The van der Waals surface area contributed by atoms with E-state index >= 15 is 0 Å². The standard InChI is InChI=1S/C19H28IN3O8/c1-9-14(18(30)21-4-11(27)6-24)16(20)15(19(31)22-5-12(28)7-25)10(2)17(9)23(3)13(29)8-26/h11-12,24-28H,4-8H2,1-3H3,(H,21,30)(H,22,31). The lowest BCUT2D eigenvalue weighted by Crippen LogP contribution is -2.38. The monoisotopic (exact) mass is 553 g/mol. The molecule has 0 fully saturated rings. The lowest BCUT2D eigenvalue weighted by molar-refractivity contribution is -0.121. The van der Waals surface area contributed by atoms with Crippen LogP contribution in [0.5, 0.6) is 0 Å². The number of nitrogens with one attached hydrogen (secondary N) is 2. The van der Waals surface area contributed by atoms with Gasteiger partial charge in [0, 0.05) is 23.7 Å². The number of nitrogens with zero attached hydrogens (tertiary/aromatic N) is 1. The van der Waals surface area contributed by atoms with Gasteiger partial charge in [0.2, 0.25) is 0 Å². The van der Waals surface area contributed by atoms with Crippen LogP contribution in [0.3, 0.4) is 0 Å². The third-order valence-corrected chi connectivity index (χ3v) is 5.70. The Morgan fingerprint density at radius 2 is 1.29 bits per heavy atom. The van der Waals surface area contributed by atoms with Crippen LogP contribution < -0.4 is 15.5 Å². The van der Waals surface area contributed by atoms with Crippen LogP contribution in [0.1, 0.15) is 31.8 Å². The number of hydrogen-bond acceptors (Lipinski definition) is 8. The Labute approximate surface area is 193 Å². The summed E-state index contributed by atoms with van der Waals surface area (Å²) >= 11 is 1.82. The summed E-state index contributed by atoms with van der Waals surface area (Å²) in [7, 11) is 1.40. The normalized spacial score (nSPS) is 12.8. The Morgan fingerprint density at radius 3 is 1.61 bits per heavy atom. The first-order valence-corrected chi connectivity index (χ1v) is 10.4. The highest BCUT2D eigenvalue weighted by atomic mass is 127. The van der Waals surface area contributed by atoms with Crippen molar-refractivity contribution < 1.29 is 39.9 Å². The molecule has 2 unspecified atom stereocenters. The summed E-state index contributed by atoms with van der Waals surface area (Å²) in [5.41, 5.74) is 1.15. The van der Waals surface area contributed by atoms with E-state index in [-0.39, 0.29) is 33.5 Å². The molecule has 174 valence electrons. The van der Waals surface area contributed by atoms with E-state index in [9.17, 15) is 29.7 Å². The number of carbonyl (C=O) groups excluding carboxylic acids is 3. The number of rotatable bonds is 10. The number of halogens is 1. The van der Waals surface area contributed by atoms with E-state index in [0.717, 1.165) is 4.90 Å². The van der Waals surface area contributed by atoms with Crippen molar-refractivity contribution in [3.63, 3.8) is 0 Å². The highest BCUT2D eigenvalue weighted by molar-refractivity contribution is 14.1. The van der Waals surface area contributed by atoms with Crippen LogP contribution in [0.2, 0.25) is 0 Å². The molecule has 0 spiro atoms. The first kappa shape index (κ1) is 27.2. The number of carbonyl (C=O) groups is 3. The Morgan fingerprint density at radius 1 is 0.903 bits per heavy atom. The van der Waals surface area contributed by atoms with Crippen LogP contribution in [0.25, 0.3) is 0 Å². The molecule has 1 rings (SSSR count). The zero-order chi connectivity index (χ0) is 23.9. The number of likely N-dealkylation sites (N-methyl/N-ethyl adjacent to an activating group) is 1. The van der Waals surface area contributed by atoms with Crippen molar-refractivity contribution in [2.75, 3.05) is 44.9 Å². The molecule has 3 amide bonds. The molecule has 31 heavy (non-hydrogen) atoms. The average Bonchev–Trinajstić information content (AvgIpc) is 2.74. The number of aliphatic hydroxyl groups excluding tert-OH is 5. The minimum Gasteiger partial charge on any atom is -0.394 e. The maximum absolute atomic E-state index is 12.9. The van der Waals surface area contributed by atoms with Crippen molar-refractivity contribution in [1.82, 2.24) is 10.6 Å². The lowest BCUT2D eigenvalue weighted by atomic mass is 9.95. The largest absolute Gasteiger partial charge is 0.394 e. The molecule has 0 aliphatic rings. The van der Waals surface area contributed by atoms with Gasteiger partial charge in [-0.3, -0.25) is 14.4 Å². The fourth-order valence-corrected chi connectivity index (χ4v) is 4.27. The fraction of sp³-hybridized carbons (Fsp3) is 0.526. The second-order valence-corrected chi connectivity index (χ2v) is 7.95. The summed E-state index contributed by atoms with van der Waals surface area (Å²) in [6.45, 7) is 0.817. The van der Waals surface area contributed by atoms with E-state index in [1.54, 1.807) is 13.8 Å². The highest BCUT2D eigenvalue weighted by Crippen LogP contribution is 2.35. The minimum absolute atomic E-state index is 0.0804. The Bertz CT molecular complexity index is 780. The van der Waals surface area contributed by atoms with E-state index in [1.807, 2.05) is 22.6 Å². The van der Waals surface area contributed by atoms with Gasteiger partial charge in [0.25, 0.3) is 17.7 Å². The van der Waals surface area contributed by atoms with E-state index < -0.39 is 49.8 Å². The van der Waals surface area contributed by atoms with Gasteiger partial charge in [-0.15, -0.1) is 0 Å². The molecule has 0 aromatic heterocycles. The molecule has 0 heterocycles. The molecule has 0 bridgehead atoms. The smallest absolute Gasteiger partial charge is 0.252 e. The Balaban J connectivity index is 3.59. The summed E-state index contributed by atoms with van der Waals surface area (Å²) in [6.07, 6.45) is -2.35. The number of hydrogen-bond donors (Lipinski definition) is 7. The second kappa shape index (κ2) is 12.3. The van der Waals surface area contributed by atoms with Gasteiger partial charge in [0.15, 0.2) is 0 Å². The lowest BCUT2D eigenvalue weighted by Gasteiger charge is -2.26. The molecule has 12 heteroatoms. The predicted molar refractivity (Wildman–Crippen MR) is 120 cm³/mol. The Hall–Kier alpha value is -1.84. The molecule has 2 atom stereocenters. The van der Waals surface area contributed by atoms with Crippen LogP contribution in [-0.4, -0.2) is 95.4 Å². The third kappa shape index (κ3) is 6.57. The SMILES string of the molecule is Cc1c(C(=O)NCC(O)CO)c(I)c(C(=O)NCC(O)CO)c(C)c1N(C)C(=O)CO. The summed E-state index contributed by atoms with van der Waals surface area (Å²) in [5, 5.41) is 51.1. The van der Waals surface area contributed by atoms with Gasteiger partial charge >= 0.3 is 0 Å². The number of anilines is 1. The van der Waals surface area contributed by atoms with Crippen molar-refractivity contribution in [3.05, 3.63) is 25.8 Å². The molecule has 0 saturated carbocycles. The van der Waals surface area contributed by atoms with Gasteiger partial charge in [-0.2, -0.15) is 0 Å². The Kier molecular flexibility index (Phi) is 10.8. The predicted octanol–water partition coefficient (Wildman–Crippen LogP) is -1.97. The summed E-state index contributed by atoms with van der Waals surface area (Å²) in [5.74, 6) is -1.92. The van der Waals surface area contributed by atoms with Crippen LogP contribution in [0, 0.1) is 17.4 Å². The van der Waals surface area contributed by atoms with Crippen LogP contribution in [-0.2, 0) is 4.79 Å². The molecule has 0 aliphatic carbocycles. The van der Waals surface area contributed by atoms with Crippen molar-refractivity contribution >= 4 is 46.0 Å². The van der Waals surface area contributed by atoms with E-state index in [1.165, 1.54) is 7.05 Å². The summed E-state index contributed by atoms with van der Waals surface area (Å²) in [4.78, 5) is 39.0. The van der Waals surface area contributed by atoms with Gasteiger partial charge in [0.05, 0.1) is 42.2 Å². The van der Waals surface area contributed by atoms with Gasteiger partial charge in [-0.1, -0.05) is 0 Å². The van der Waals surface area contributed by atoms with Gasteiger partial charge in [-0.25, -0.2) is 0 Å². The molecule has 0 saturated heterocycles. The number of aliphatic hydroxyl groups is 5. The minimum atomic E-state index is -1.17. The van der Waals surface area contributed by atoms with Gasteiger partial charge in [0.1, 0.15) is 6.61 Å². The van der Waals surface area contributed by atoms with Crippen LogP contribution in [0.15, 0.2) is 0 Å². The number of benzene rings is 1. The van der Waals surface area contributed by atoms with E-state index in [0.29, 0.717) is 11.1 Å². The maximum Gasteiger partial charge on any atom is 0.252 e. The molecular formula is C19H28IN3O8. The zero-order valence-corrected chi connectivity index (χ0v) is 19.6.